The molecule has 1 amide bonds. The van der Waals surface area contributed by atoms with E-state index >= 15 is 0 Å². The second kappa shape index (κ2) is 7.66. The lowest BCUT2D eigenvalue weighted by Crippen LogP contribution is -2.44. The molecule has 1 aliphatic heterocycles. The van der Waals surface area contributed by atoms with Crippen molar-refractivity contribution in [1.29, 1.82) is 0 Å². The van der Waals surface area contributed by atoms with Crippen molar-refractivity contribution in [3.63, 3.8) is 0 Å². The van der Waals surface area contributed by atoms with E-state index in [9.17, 15) is 13.2 Å². The second-order valence-electron chi connectivity index (χ2n) is 6.77. The molecule has 0 saturated carbocycles. The minimum Gasteiger partial charge on any atom is -0.353 e. The summed E-state index contributed by atoms with van der Waals surface area (Å²) in [5.41, 5.74) is 1.82. The molecule has 1 aromatic carbocycles. The SMILES string of the molecule is CCC(C)NC(=O)C1CCN(S(=O)(=O)c2ccc(C)cc2C)CC1. The molecule has 0 aliphatic carbocycles. The molecule has 1 heterocycles. The maximum atomic E-state index is 12.8. The van der Waals surface area contributed by atoms with E-state index in [1.54, 1.807) is 6.07 Å². The van der Waals surface area contributed by atoms with Crippen molar-refractivity contribution in [2.24, 2.45) is 5.92 Å². The third kappa shape index (κ3) is 4.16. The van der Waals surface area contributed by atoms with Crippen LogP contribution in [-0.2, 0) is 14.8 Å². The van der Waals surface area contributed by atoms with Crippen LogP contribution >= 0.6 is 0 Å². The Bertz CT molecular complexity index is 692. The Balaban J connectivity index is 2.04. The first-order valence-electron chi connectivity index (χ1n) is 8.63. The Kier molecular flexibility index (Phi) is 6.04. The molecule has 1 atom stereocenters. The van der Waals surface area contributed by atoms with Crippen molar-refractivity contribution in [2.45, 2.75) is 57.9 Å². The summed E-state index contributed by atoms with van der Waals surface area (Å²) in [6.07, 6.45) is 2.05. The molecule has 1 aliphatic rings. The van der Waals surface area contributed by atoms with E-state index < -0.39 is 10.0 Å². The zero-order valence-electron chi connectivity index (χ0n) is 15.0. The van der Waals surface area contributed by atoms with Crippen LogP contribution in [0.25, 0.3) is 0 Å². The van der Waals surface area contributed by atoms with Gasteiger partial charge in [-0.25, -0.2) is 8.42 Å². The Labute approximate surface area is 145 Å². The third-order valence-corrected chi connectivity index (χ3v) is 6.83. The van der Waals surface area contributed by atoms with Gasteiger partial charge in [0.15, 0.2) is 0 Å². The van der Waals surface area contributed by atoms with Crippen molar-refractivity contribution in [2.75, 3.05) is 13.1 Å². The molecular weight excluding hydrogens is 324 g/mol. The molecule has 5 nitrogen and oxygen atoms in total. The molecule has 2 rings (SSSR count). The molecule has 1 saturated heterocycles. The minimum absolute atomic E-state index is 0.0490. The van der Waals surface area contributed by atoms with Crippen LogP contribution in [0.2, 0.25) is 0 Å². The Morgan fingerprint density at radius 3 is 2.46 bits per heavy atom. The highest BCUT2D eigenvalue weighted by Crippen LogP contribution is 2.26. The summed E-state index contributed by atoms with van der Waals surface area (Å²) in [6, 6.07) is 5.56. The lowest BCUT2D eigenvalue weighted by Gasteiger charge is -2.31. The van der Waals surface area contributed by atoms with E-state index in [2.05, 4.69) is 5.32 Å². The number of carbonyl (C=O) groups is 1. The van der Waals surface area contributed by atoms with Gasteiger partial charge in [-0.3, -0.25) is 4.79 Å². The van der Waals surface area contributed by atoms with Crippen molar-refractivity contribution in [1.82, 2.24) is 9.62 Å². The fraction of sp³-hybridized carbons (Fsp3) is 0.611. The van der Waals surface area contributed by atoms with Crippen LogP contribution in [0.1, 0.15) is 44.2 Å². The molecule has 0 bridgehead atoms. The number of rotatable bonds is 5. The van der Waals surface area contributed by atoms with Crippen molar-refractivity contribution in [3.05, 3.63) is 29.3 Å². The molecule has 0 spiro atoms. The smallest absolute Gasteiger partial charge is 0.243 e. The molecule has 1 aromatic rings. The molecule has 134 valence electrons. The minimum atomic E-state index is -3.48. The molecule has 1 fully saturated rings. The molecule has 6 heteroatoms. The molecule has 0 aromatic heterocycles. The van der Waals surface area contributed by atoms with Gasteiger partial charge >= 0.3 is 0 Å². The number of sulfonamides is 1. The average molecular weight is 353 g/mol. The monoisotopic (exact) mass is 352 g/mol. The van der Waals surface area contributed by atoms with Gasteiger partial charge < -0.3 is 5.32 Å². The van der Waals surface area contributed by atoms with Gasteiger partial charge in [0, 0.05) is 25.0 Å². The standard InChI is InChI=1S/C18H28N2O3S/c1-5-15(4)19-18(21)16-8-10-20(11-9-16)24(22,23)17-7-6-13(2)12-14(17)3/h6-7,12,15-16H,5,8-11H2,1-4H3,(H,19,21). The van der Waals surface area contributed by atoms with Gasteiger partial charge in [-0.05, 0) is 51.7 Å². The van der Waals surface area contributed by atoms with Gasteiger partial charge in [-0.1, -0.05) is 24.6 Å². The van der Waals surface area contributed by atoms with Gasteiger partial charge in [0.05, 0.1) is 4.90 Å². The van der Waals surface area contributed by atoms with Crippen molar-refractivity contribution in [3.8, 4) is 0 Å². The zero-order valence-corrected chi connectivity index (χ0v) is 15.8. The van der Waals surface area contributed by atoms with Crippen LogP contribution in [0.3, 0.4) is 0 Å². The second-order valence-corrected chi connectivity index (χ2v) is 8.67. The number of carbonyl (C=O) groups excluding carboxylic acids is 1. The highest BCUT2D eigenvalue weighted by Gasteiger charge is 2.32. The van der Waals surface area contributed by atoms with Crippen LogP contribution in [0.4, 0.5) is 0 Å². The number of hydrogen-bond acceptors (Lipinski definition) is 3. The van der Waals surface area contributed by atoms with E-state index in [1.807, 2.05) is 39.8 Å². The highest BCUT2D eigenvalue weighted by atomic mass is 32.2. The summed E-state index contributed by atoms with van der Waals surface area (Å²) < 4.78 is 27.2. The molecule has 0 radical (unpaired) electrons. The normalized spacial score (nSPS) is 18.3. The van der Waals surface area contributed by atoms with E-state index in [-0.39, 0.29) is 17.9 Å². The topological polar surface area (TPSA) is 66.5 Å². The predicted octanol–water partition coefficient (Wildman–Crippen LogP) is 2.62. The summed E-state index contributed by atoms with van der Waals surface area (Å²) >= 11 is 0. The number of benzene rings is 1. The fourth-order valence-corrected chi connectivity index (χ4v) is 4.72. The third-order valence-electron chi connectivity index (χ3n) is 4.77. The summed E-state index contributed by atoms with van der Waals surface area (Å²) in [7, 11) is -3.48. The Morgan fingerprint density at radius 1 is 1.29 bits per heavy atom. The number of amides is 1. The summed E-state index contributed by atoms with van der Waals surface area (Å²) in [5.74, 6) is -0.0440. The Morgan fingerprint density at radius 2 is 1.92 bits per heavy atom. The number of nitrogens with zero attached hydrogens (tertiary/aromatic N) is 1. The van der Waals surface area contributed by atoms with Crippen LogP contribution in [0.15, 0.2) is 23.1 Å². The highest BCUT2D eigenvalue weighted by molar-refractivity contribution is 7.89. The Hall–Kier alpha value is -1.40. The van der Waals surface area contributed by atoms with Gasteiger partial charge in [-0.15, -0.1) is 0 Å². The lowest BCUT2D eigenvalue weighted by atomic mass is 9.97. The molecule has 24 heavy (non-hydrogen) atoms. The summed E-state index contributed by atoms with van der Waals surface area (Å²) in [5, 5.41) is 2.99. The van der Waals surface area contributed by atoms with Crippen LogP contribution in [-0.4, -0.2) is 37.8 Å². The van der Waals surface area contributed by atoms with Gasteiger partial charge in [-0.2, -0.15) is 4.31 Å². The van der Waals surface area contributed by atoms with Crippen LogP contribution < -0.4 is 5.32 Å². The first-order chi connectivity index (χ1) is 11.3. The first-order valence-corrected chi connectivity index (χ1v) is 10.1. The van der Waals surface area contributed by atoms with Crippen LogP contribution in [0, 0.1) is 19.8 Å². The van der Waals surface area contributed by atoms with E-state index in [4.69, 9.17) is 0 Å². The van der Waals surface area contributed by atoms with Gasteiger partial charge in [0.25, 0.3) is 0 Å². The number of nitrogens with one attached hydrogen (secondary N) is 1. The summed E-state index contributed by atoms with van der Waals surface area (Å²) in [6.45, 7) is 8.58. The zero-order chi connectivity index (χ0) is 17.9. The maximum absolute atomic E-state index is 12.8. The largest absolute Gasteiger partial charge is 0.353 e. The number of hydrogen-bond donors (Lipinski definition) is 1. The van der Waals surface area contributed by atoms with E-state index in [0.29, 0.717) is 30.8 Å². The van der Waals surface area contributed by atoms with Gasteiger partial charge in [0.1, 0.15) is 0 Å². The van der Waals surface area contributed by atoms with Crippen molar-refractivity contribution >= 4 is 15.9 Å². The maximum Gasteiger partial charge on any atom is 0.243 e. The average Bonchev–Trinajstić information content (AvgIpc) is 2.54. The molecular formula is C18H28N2O3S. The van der Waals surface area contributed by atoms with Gasteiger partial charge in [0.2, 0.25) is 15.9 Å². The lowest BCUT2D eigenvalue weighted by molar-refractivity contribution is -0.126. The van der Waals surface area contributed by atoms with Crippen LogP contribution in [0.5, 0.6) is 0 Å². The first kappa shape index (κ1) is 18.9. The van der Waals surface area contributed by atoms with E-state index in [0.717, 1.165) is 17.5 Å². The van der Waals surface area contributed by atoms with E-state index in [1.165, 1.54) is 4.31 Å². The fourth-order valence-electron chi connectivity index (χ4n) is 3.05. The summed E-state index contributed by atoms with van der Waals surface area (Å²) in [4.78, 5) is 12.6. The number of aryl methyl sites for hydroxylation is 2. The molecule has 1 N–H and O–H groups in total. The quantitative estimate of drug-likeness (QED) is 0.886. The predicted molar refractivity (Wildman–Crippen MR) is 95.3 cm³/mol. The number of piperidine rings is 1. The molecule has 1 unspecified atom stereocenters. The van der Waals surface area contributed by atoms with Crippen molar-refractivity contribution < 1.29 is 13.2 Å².